The van der Waals surface area contributed by atoms with Gasteiger partial charge < -0.3 is 9.64 Å². The molecule has 1 aliphatic carbocycles. The van der Waals surface area contributed by atoms with Crippen molar-refractivity contribution in [2.75, 3.05) is 26.2 Å². The molecule has 0 unspecified atom stereocenters. The monoisotopic (exact) mass is 238 g/mol. The highest BCUT2D eigenvalue weighted by atomic mass is 16.5. The first-order valence-corrected chi connectivity index (χ1v) is 6.80. The van der Waals surface area contributed by atoms with Crippen molar-refractivity contribution < 1.29 is 9.53 Å². The summed E-state index contributed by atoms with van der Waals surface area (Å²) in [6, 6.07) is 0.848. The van der Waals surface area contributed by atoms with Gasteiger partial charge in [0.05, 0.1) is 12.1 Å². The molecular weight excluding hydrogens is 216 g/mol. The number of hydrogen-bond donors (Lipinski definition) is 0. The molecule has 2 heterocycles. The van der Waals surface area contributed by atoms with Crippen LogP contribution in [0.2, 0.25) is 0 Å². The molecule has 0 spiro atoms. The normalized spacial score (nSPS) is 34.5. The molecule has 0 N–H and O–H groups in total. The van der Waals surface area contributed by atoms with Crippen LogP contribution in [0.1, 0.15) is 26.7 Å². The zero-order chi connectivity index (χ0) is 12.0. The molecule has 0 bridgehead atoms. The number of ether oxygens (including phenoxy) is 1. The van der Waals surface area contributed by atoms with E-state index in [0.717, 1.165) is 25.6 Å². The second kappa shape index (κ2) is 4.25. The minimum atomic E-state index is 0.198. The van der Waals surface area contributed by atoms with Gasteiger partial charge in [-0.2, -0.15) is 0 Å². The van der Waals surface area contributed by atoms with Crippen LogP contribution >= 0.6 is 0 Å². The highest BCUT2D eigenvalue weighted by Crippen LogP contribution is 2.33. The lowest BCUT2D eigenvalue weighted by atomic mass is 10.1. The number of carbonyl (C=O) groups is 1. The third kappa shape index (κ3) is 2.20. The third-order valence-corrected chi connectivity index (χ3v) is 4.29. The largest absolute Gasteiger partial charge is 0.365 e. The van der Waals surface area contributed by atoms with Crippen molar-refractivity contribution in [3.05, 3.63) is 0 Å². The van der Waals surface area contributed by atoms with Gasteiger partial charge in [0.15, 0.2) is 0 Å². The molecule has 1 saturated carbocycles. The highest BCUT2D eigenvalue weighted by Gasteiger charge is 2.44. The fraction of sp³-hybridized carbons (Fsp3) is 0.923. The van der Waals surface area contributed by atoms with Crippen molar-refractivity contribution in [2.24, 2.45) is 5.92 Å². The summed E-state index contributed by atoms with van der Waals surface area (Å²) in [5.41, 5.74) is 0. The molecule has 4 heteroatoms. The Morgan fingerprint density at radius 2 is 2.12 bits per heavy atom. The average Bonchev–Trinajstić information content (AvgIpc) is 2.99. The number of fused-ring (bicyclic) bond motifs is 1. The van der Waals surface area contributed by atoms with Gasteiger partial charge in [0.25, 0.3) is 0 Å². The molecule has 4 nitrogen and oxygen atoms in total. The van der Waals surface area contributed by atoms with Crippen molar-refractivity contribution in [3.63, 3.8) is 0 Å². The van der Waals surface area contributed by atoms with Crippen LogP contribution in [0, 0.1) is 5.92 Å². The second-order valence-corrected chi connectivity index (χ2v) is 5.95. The molecule has 0 aromatic rings. The minimum Gasteiger partial charge on any atom is -0.365 e. The fourth-order valence-corrected chi connectivity index (χ4v) is 2.93. The standard InChI is InChI=1S/C13H22N2O2/c1-9(2)14-6-11-12(7-14)17-8-13(16)15(11)5-10-3-4-10/h9-12H,3-8H2,1-2H3/t11-,12+/m1/s1. The molecule has 2 aliphatic heterocycles. The summed E-state index contributed by atoms with van der Waals surface area (Å²) < 4.78 is 5.69. The van der Waals surface area contributed by atoms with E-state index in [4.69, 9.17) is 4.74 Å². The molecular formula is C13H22N2O2. The summed E-state index contributed by atoms with van der Waals surface area (Å²) in [6.07, 6.45) is 2.85. The average molecular weight is 238 g/mol. The van der Waals surface area contributed by atoms with Gasteiger partial charge in [-0.15, -0.1) is 0 Å². The summed E-state index contributed by atoms with van der Waals surface area (Å²) in [7, 11) is 0. The number of morpholine rings is 1. The molecule has 3 rings (SSSR count). The van der Waals surface area contributed by atoms with Crippen LogP contribution in [-0.2, 0) is 9.53 Å². The molecule has 2 atom stereocenters. The maximum absolute atomic E-state index is 12.0. The molecule has 3 aliphatic rings. The molecule has 17 heavy (non-hydrogen) atoms. The van der Waals surface area contributed by atoms with Crippen molar-refractivity contribution in [3.8, 4) is 0 Å². The topological polar surface area (TPSA) is 32.8 Å². The predicted octanol–water partition coefficient (Wildman–Crippen LogP) is 0.716. The molecule has 1 amide bonds. The zero-order valence-electron chi connectivity index (χ0n) is 10.8. The van der Waals surface area contributed by atoms with Gasteiger partial charge in [-0.25, -0.2) is 0 Å². The van der Waals surface area contributed by atoms with Crippen molar-refractivity contribution in [1.82, 2.24) is 9.80 Å². The highest BCUT2D eigenvalue weighted by molar-refractivity contribution is 5.78. The van der Waals surface area contributed by atoms with Gasteiger partial charge in [-0.3, -0.25) is 9.69 Å². The van der Waals surface area contributed by atoms with E-state index in [9.17, 15) is 4.79 Å². The first-order chi connectivity index (χ1) is 8.15. The Morgan fingerprint density at radius 1 is 1.35 bits per heavy atom. The van der Waals surface area contributed by atoms with E-state index in [1.165, 1.54) is 12.8 Å². The van der Waals surface area contributed by atoms with Gasteiger partial charge in [-0.05, 0) is 32.6 Å². The minimum absolute atomic E-state index is 0.198. The van der Waals surface area contributed by atoms with Crippen molar-refractivity contribution in [2.45, 2.75) is 44.9 Å². The van der Waals surface area contributed by atoms with Gasteiger partial charge >= 0.3 is 0 Å². The Labute approximate surface area is 103 Å². The number of hydrogen-bond acceptors (Lipinski definition) is 3. The Kier molecular flexibility index (Phi) is 2.87. The number of amides is 1. The van der Waals surface area contributed by atoms with E-state index in [1.54, 1.807) is 0 Å². The lowest BCUT2D eigenvalue weighted by Crippen LogP contribution is -2.54. The quantitative estimate of drug-likeness (QED) is 0.726. The third-order valence-electron chi connectivity index (χ3n) is 4.29. The van der Waals surface area contributed by atoms with Gasteiger partial charge in [0, 0.05) is 25.7 Å². The fourth-order valence-electron chi connectivity index (χ4n) is 2.93. The van der Waals surface area contributed by atoms with E-state index < -0.39 is 0 Å². The zero-order valence-corrected chi connectivity index (χ0v) is 10.8. The molecule has 96 valence electrons. The number of rotatable bonds is 3. The Balaban J connectivity index is 1.70. The van der Waals surface area contributed by atoms with E-state index in [1.807, 2.05) is 0 Å². The number of likely N-dealkylation sites (tertiary alicyclic amines) is 1. The second-order valence-electron chi connectivity index (χ2n) is 5.95. The van der Waals surface area contributed by atoms with Crippen molar-refractivity contribution >= 4 is 5.91 Å². The van der Waals surface area contributed by atoms with Gasteiger partial charge in [0.1, 0.15) is 6.61 Å². The Morgan fingerprint density at radius 3 is 2.76 bits per heavy atom. The van der Waals surface area contributed by atoms with E-state index >= 15 is 0 Å². The summed E-state index contributed by atoms with van der Waals surface area (Å²) in [5, 5.41) is 0. The van der Waals surface area contributed by atoms with Crippen LogP contribution in [0.3, 0.4) is 0 Å². The Hall–Kier alpha value is -0.610. The lowest BCUT2D eigenvalue weighted by molar-refractivity contribution is -0.153. The van der Waals surface area contributed by atoms with Crippen LogP contribution in [0.15, 0.2) is 0 Å². The molecule has 3 fully saturated rings. The van der Waals surface area contributed by atoms with Crippen LogP contribution in [-0.4, -0.2) is 60.1 Å². The van der Waals surface area contributed by atoms with Crippen LogP contribution in [0.5, 0.6) is 0 Å². The van der Waals surface area contributed by atoms with Crippen LogP contribution < -0.4 is 0 Å². The van der Waals surface area contributed by atoms with Crippen molar-refractivity contribution in [1.29, 1.82) is 0 Å². The van der Waals surface area contributed by atoms with Gasteiger partial charge in [-0.1, -0.05) is 0 Å². The summed E-state index contributed by atoms with van der Waals surface area (Å²) >= 11 is 0. The number of nitrogens with zero attached hydrogens (tertiary/aromatic N) is 2. The Bertz CT molecular complexity index is 315. The summed E-state index contributed by atoms with van der Waals surface area (Å²) in [4.78, 5) is 16.5. The first-order valence-electron chi connectivity index (χ1n) is 6.80. The first kappa shape index (κ1) is 11.5. The maximum Gasteiger partial charge on any atom is 0.248 e. The SMILES string of the molecule is CC(C)N1C[C@@H]2OCC(=O)N(CC3CC3)[C@@H]2C1. The summed E-state index contributed by atoms with van der Waals surface area (Å²) in [5.74, 6) is 0.967. The van der Waals surface area contributed by atoms with E-state index in [2.05, 4.69) is 23.6 Å². The number of carbonyl (C=O) groups excluding carboxylic acids is 1. The molecule has 0 aromatic heterocycles. The van der Waals surface area contributed by atoms with E-state index in [-0.39, 0.29) is 12.0 Å². The maximum atomic E-state index is 12.0. The van der Waals surface area contributed by atoms with Gasteiger partial charge in [0.2, 0.25) is 5.91 Å². The van der Waals surface area contributed by atoms with E-state index in [0.29, 0.717) is 18.7 Å². The summed E-state index contributed by atoms with van der Waals surface area (Å²) in [6.45, 7) is 7.65. The molecule has 0 aromatic carbocycles. The lowest BCUT2D eigenvalue weighted by Gasteiger charge is -2.37. The smallest absolute Gasteiger partial charge is 0.248 e. The van der Waals surface area contributed by atoms with Crippen LogP contribution in [0.25, 0.3) is 0 Å². The molecule has 2 saturated heterocycles. The van der Waals surface area contributed by atoms with Crippen LogP contribution in [0.4, 0.5) is 0 Å². The predicted molar refractivity (Wildman–Crippen MR) is 64.7 cm³/mol. The molecule has 0 radical (unpaired) electrons.